The van der Waals surface area contributed by atoms with Crippen LogP contribution < -0.4 is 24.8 Å². The summed E-state index contributed by atoms with van der Waals surface area (Å²) in [4.78, 5) is 0. The topological polar surface area (TPSA) is 0 Å². The Morgan fingerprint density at radius 2 is 0.771 bits per heavy atom. The van der Waals surface area contributed by atoms with E-state index >= 15 is 0 Å². The van der Waals surface area contributed by atoms with Crippen molar-refractivity contribution in [1.29, 1.82) is 0 Å². The summed E-state index contributed by atoms with van der Waals surface area (Å²) in [7, 11) is 0. The molecule has 0 atom stereocenters. The Morgan fingerprint density at radius 3 is 1.17 bits per heavy atom. The molecule has 0 heterocycles. The van der Waals surface area contributed by atoms with Gasteiger partial charge in [-0.3, -0.25) is 0 Å². The predicted molar refractivity (Wildman–Crippen MR) is 137 cm³/mol. The van der Waals surface area contributed by atoms with Gasteiger partial charge in [0.15, 0.2) is 0 Å². The Balaban J connectivity index is 0.000000227. The molecule has 0 spiro atoms. The molecule has 0 saturated heterocycles. The maximum absolute atomic E-state index is 3.31. The zero-order valence-corrected chi connectivity index (χ0v) is 22.9. The van der Waals surface area contributed by atoms with E-state index in [1.54, 1.807) is 0 Å². The molecule has 3 heteroatoms. The zero-order valence-electron chi connectivity index (χ0n) is 19.0. The molecule has 0 nitrogen and oxygen atoms in total. The van der Waals surface area contributed by atoms with E-state index in [0.29, 0.717) is 0 Å². The van der Waals surface area contributed by atoms with Crippen LogP contribution in [-0.4, -0.2) is 0 Å². The molecule has 2 aliphatic rings. The van der Waals surface area contributed by atoms with Gasteiger partial charge in [0.25, 0.3) is 0 Å². The summed E-state index contributed by atoms with van der Waals surface area (Å²) in [5, 5.41) is 0. The number of benzene rings is 4. The van der Waals surface area contributed by atoms with E-state index in [1.165, 1.54) is 44.5 Å². The fraction of sp³-hybridized carbons (Fsp3) is 0. The van der Waals surface area contributed by atoms with Gasteiger partial charge in [-0.15, -0.1) is 83.0 Å². The van der Waals surface area contributed by atoms with Crippen LogP contribution in [0.3, 0.4) is 0 Å². The van der Waals surface area contributed by atoms with Gasteiger partial charge in [-0.2, -0.15) is 11.1 Å². The summed E-state index contributed by atoms with van der Waals surface area (Å²) in [5.41, 5.74) is 9.82. The van der Waals surface area contributed by atoms with Gasteiger partial charge in [0, 0.05) is 0 Å². The number of fused-ring (bicyclic) bond motifs is 2. The first kappa shape index (κ1) is 28.5. The van der Waals surface area contributed by atoms with Gasteiger partial charge in [0.2, 0.25) is 0 Å². The maximum Gasteiger partial charge on any atom is 4.00 e. The number of rotatable bonds is 2. The van der Waals surface area contributed by atoms with Gasteiger partial charge in [0.1, 0.15) is 0 Å². The minimum atomic E-state index is 0. The van der Waals surface area contributed by atoms with Crippen LogP contribution in [0.25, 0.3) is 35.5 Å². The van der Waals surface area contributed by atoms with Crippen molar-refractivity contribution in [2.24, 2.45) is 0 Å². The van der Waals surface area contributed by atoms with E-state index in [1.807, 2.05) is 24.3 Å². The molecule has 2 aliphatic carbocycles. The molecule has 4 aromatic carbocycles. The molecule has 0 amide bonds. The average molecular weight is 569 g/mol. The Bertz CT molecular complexity index is 1240. The molecule has 0 aliphatic heterocycles. The molecule has 0 bridgehead atoms. The molecular formula is C32H22Cl2Zr. The van der Waals surface area contributed by atoms with Crippen LogP contribution in [0.4, 0.5) is 0 Å². The molecule has 0 radical (unpaired) electrons. The van der Waals surface area contributed by atoms with Crippen LogP contribution in [-0.2, 0) is 26.2 Å². The Labute approximate surface area is 239 Å². The van der Waals surface area contributed by atoms with Crippen molar-refractivity contribution in [3.05, 3.63) is 155 Å². The number of hydrogen-bond acceptors (Lipinski definition) is 0. The van der Waals surface area contributed by atoms with Crippen molar-refractivity contribution < 1.29 is 51.0 Å². The third kappa shape index (κ3) is 7.15. The van der Waals surface area contributed by atoms with Gasteiger partial charge in [-0.1, -0.05) is 96.1 Å². The van der Waals surface area contributed by atoms with E-state index < -0.39 is 0 Å². The van der Waals surface area contributed by atoms with E-state index in [-0.39, 0.29) is 51.0 Å². The fourth-order valence-electron chi connectivity index (χ4n) is 3.87. The average Bonchev–Trinajstić information content (AvgIpc) is 3.45. The second-order valence-electron chi connectivity index (χ2n) is 7.69. The van der Waals surface area contributed by atoms with Gasteiger partial charge < -0.3 is 24.8 Å². The van der Waals surface area contributed by atoms with Gasteiger partial charge in [-0.05, 0) is 0 Å². The summed E-state index contributed by atoms with van der Waals surface area (Å²) in [6.07, 6.45) is 15.0. The molecule has 0 N–H and O–H groups in total. The van der Waals surface area contributed by atoms with Crippen LogP contribution in [0.15, 0.2) is 109 Å². The molecule has 168 valence electrons. The molecular weight excluding hydrogens is 546 g/mol. The normalized spacial score (nSPS) is 14.1. The van der Waals surface area contributed by atoms with Crippen molar-refractivity contribution in [3.63, 3.8) is 0 Å². The predicted octanol–water partition coefficient (Wildman–Crippen LogP) is 2.12. The van der Waals surface area contributed by atoms with Crippen LogP contribution in [0.1, 0.15) is 33.4 Å². The van der Waals surface area contributed by atoms with Crippen LogP contribution >= 0.6 is 0 Å². The first-order valence-corrected chi connectivity index (χ1v) is 10.8. The molecule has 6 rings (SSSR count). The third-order valence-electron chi connectivity index (χ3n) is 5.49. The maximum atomic E-state index is 3.31. The quantitative estimate of drug-likeness (QED) is 0.325. The van der Waals surface area contributed by atoms with Crippen molar-refractivity contribution in [2.75, 3.05) is 0 Å². The minimum absolute atomic E-state index is 0. The molecule has 35 heavy (non-hydrogen) atoms. The van der Waals surface area contributed by atoms with Crippen LogP contribution in [0.5, 0.6) is 0 Å². The second kappa shape index (κ2) is 14.0. The van der Waals surface area contributed by atoms with Crippen molar-refractivity contribution in [1.82, 2.24) is 0 Å². The van der Waals surface area contributed by atoms with Gasteiger partial charge >= 0.3 is 26.2 Å². The SMILES string of the molecule is [C-]1=Cc2ccccc2C1=Cc1ccccc1.[C-]1=Cc2ccccc2C1=Cc1ccccc1.[Cl-].[Cl-].[Zr+4]. The summed E-state index contributed by atoms with van der Waals surface area (Å²) in [5.74, 6) is 0. The zero-order chi connectivity index (χ0) is 21.6. The van der Waals surface area contributed by atoms with E-state index in [9.17, 15) is 0 Å². The second-order valence-corrected chi connectivity index (χ2v) is 7.69. The first-order chi connectivity index (χ1) is 15.9. The monoisotopic (exact) mass is 566 g/mol. The van der Waals surface area contributed by atoms with Gasteiger partial charge in [0.05, 0.1) is 0 Å². The van der Waals surface area contributed by atoms with Crippen molar-refractivity contribution >= 4 is 35.5 Å². The minimum Gasteiger partial charge on any atom is -1.00 e. The summed E-state index contributed by atoms with van der Waals surface area (Å²) in [6, 6.07) is 37.5. The molecule has 0 saturated carbocycles. The largest absolute Gasteiger partial charge is 4.00 e. The van der Waals surface area contributed by atoms with Crippen LogP contribution in [0, 0.1) is 12.2 Å². The number of hydrogen-bond donors (Lipinski definition) is 0. The van der Waals surface area contributed by atoms with E-state index in [0.717, 1.165) is 0 Å². The molecule has 0 fully saturated rings. The van der Waals surface area contributed by atoms with Gasteiger partial charge in [-0.25, -0.2) is 0 Å². The smallest absolute Gasteiger partial charge is 1.00 e. The molecule has 0 unspecified atom stereocenters. The first-order valence-electron chi connectivity index (χ1n) is 10.8. The summed E-state index contributed by atoms with van der Waals surface area (Å²) in [6.45, 7) is 0. The van der Waals surface area contributed by atoms with E-state index in [4.69, 9.17) is 0 Å². The Morgan fingerprint density at radius 1 is 0.429 bits per heavy atom. The number of allylic oxidation sites excluding steroid dienone is 4. The number of halogens is 2. The third-order valence-corrected chi connectivity index (χ3v) is 5.49. The van der Waals surface area contributed by atoms with Crippen molar-refractivity contribution in [2.45, 2.75) is 0 Å². The van der Waals surface area contributed by atoms with Crippen molar-refractivity contribution in [3.8, 4) is 0 Å². The molecule has 0 aromatic heterocycles. The van der Waals surface area contributed by atoms with Crippen LogP contribution in [0.2, 0.25) is 0 Å². The summed E-state index contributed by atoms with van der Waals surface area (Å²) < 4.78 is 0. The fourth-order valence-corrected chi connectivity index (χ4v) is 3.87. The standard InChI is InChI=1S/2C16H11.2ClH.Zr/c2*1-2-6-13(7-3-1)12-15-11-10-14-8-4-5-9-16(14)15;;;/h2*1-10,12H;2*1H;/q2*-1;;;+4/p-2. The summed E-state index contributed by atoms with van der Waals surface area (Å²) >= 11 is 0. The Hall–Kier alpha value is -2.70. The van der Waals surface area contributed by atoms with E-state index in [2.05, 4.69) is 121 Å². The molecule has 4 aromatic rings. The Kier molecular flexibility index (Phi) is 11.4.